The molecule has 4 rings (SSSR count). The maximum absolute atomic E-state index is 10.1. The molecule has 0 aliphatic carbocycles. The van der Waals surface area contributed by atoms with Crippen LogP contribution >= 0.6 is 0 Å². The molecule has 178 valence electrons. The summed E-state index contributed by atoms with van der Waals surface area (Å²) < 4.78 is 0. The number of benzene rings is 4. The molecule has 0 spiro atoms. The molecule has 4 aromatic carbocycles. The molecule has 0 aromatic heterocycles. The van der Waals surface area contributed by atoms with E-state index in [0.29, 0.717) is 22.7 Å². The molecule has 0 saturated carbocycles. The summed E-state index contributed by atoms with van der Waals surface area (Å²) in [5, 5.41) is 0. The fourth-order valence-corrected chi connectivity index (χ4v) is 3.28. The van der Waals surface area contributed by atoms with Crippen LogP contribution in [0.4, 0.5) is 22.7 Å². The summed E-state index contributed by atoms with van der Waals surface area (Å²) in [6, 6.07) is 29.1. The molecular weight excluding hydrogens is 468 g/mol. The van der Waals surface area contributed by atoms with Crippen LogP contribution in [0.15, 0.2) is 117 Å². The zero-order valence-corrected chi connectivity index (χ0v) is 19.4. The van der Waals surface area contributed by atoms with Crippen molar-refractivity contribution in [2.24, 2.45) is 20.0 Å². The summed E-state index contributed by atoms with van der Waals surface area (Å²) in [5.74, 6) is 0. The van der Waals surface area contributed by atoms with E-state index in [2.05, 4.69) is 20.0 Å². The highest BCUT2D eigenvalue weighted by atomic mass is 16.1. The summed E-state index contributed by atoms with van der Waals surface area (Å²) in [6.45, 7) is 0. The minimum atomic E-state index is 0.566. The van der Waals surface area contributed by atoms with Crippen LogP contribution in [-0.4, -0.2) is 24.3 Å². The van der Waals surface area contributed by atoms with Gasteiger partial charge in [0.2, 0.25) is 24.3 Å². The highest BCUT2D eigenvalue weighted by Crippen LogP contribution is 2.24. The largest absolute Gasteiger partial charge is 0.240 e. The lowest BCUT2D eigenvalue weighted by Gasteiger charge is -2.02. The van der Waals surface area contributed by atoms with Crippen molar-refractivity contribution in [2.45, 2.75) is 6.42 Å². The van der Waals surface area contributed by atoms with Crippen LogP contribution in [0.1, 0.15) is 11.1 Å². The minimum Gasteiger partial charge on any atom is -0.211 e. The lowest BCUT2D eigenvalue weighted by atomic mass is 10.0. The molecular formula is C29H18N4O4. The Morgan fingerprint density at radius 1 is 0.378 bits per heavy atom. The Balaban J connectivity index is 0.000000206. The molecule has 0 saturated heterocycles. The zero-order chi connectivity index (χ0) is 26.3. The van der Waals surface area contributed by atoms with Gasteiger partial charge in [-0.2, -0.15) is 20.0 Å². The van der Waals surface area contributed by atoms with Crippen molar-refractivity contribution in [1.82, 2.24) is 0 Å². The summed E-state index contributed by atoms with van der Waals surface area (Å²) in [4.78, 5) is 54.5. The molecule has 0 bridgehead atoms. The molecule has 0 aliphatic rings. The van der Waals surface area contributed by atoms with Gasteiger partial charge >= 0.3 is 0 Å². The number of aliphatic imine (C=N–C) groups is 4. The molecule has 4 aromatic rings. The van der Waals surface area contributed by atoms with Crippen molar-refractivity contribution < 1.29 is 19.2 Å². The first kappa shape index (κ1) is 26.0. The van der Waals surface area contributed by atoms with Gasteiger partial charge in [-0.15, -0.1) is 0 Å². The van der Waals surface area contributed by atoms with Crippen LogP contribution in [0.3, 0.4) is 0 Å². The molecule has 0 atom stereocenters. The van der Waals surface area contributed by atoms with Gasteiger partial charge < -0.3 is 0 Å². The van der Waals surface area contributed by atoms with Gasteiger partial charge in [-0.1, -0.05) is 48.5 Å². The van der Waals surface area contributed by atoms with Gasteiger partial charge in [-0.3, -0.25) is 0 Å². The Hall–Kier alpha value is -5.60. The van der Waals surface area contributed by atoms with Crippen LogP contribution in [0.5, 0.6) is 0 Å². The van der Waals surface area contributed by atoms with Gasteiger partial charge in [0.1, 0.15) is 0 Å². The van der Waals surface area contributed by atoms with Crippen molar-refractivity contribution in [3.63, 3.8) is 0 Å². The van der Waals surface area contributed by atoms with Crippen molar-refractivity contribution in [2.75, 3.05) is 0 Å². The lowest BCUT2D eigenvalue weighted by Crippen LogP contribution is -1.86. The monoisotopic (exact) mass is 486 g/mol. The Morgan fingerprint density at radius 2 is 0.622 bits per heavy atom. The molecule has 37 heavy (non-hydrogen) atoms. The molecule has 0 N–H and O–H groups in total. The van der Waals surface area contributed by atoms with Gasteiger partial charge in [-0.25, -0.2) is 19.2 Å². The molecule has 0 heterocycles. The quantitative estimate of drug-likeness (QED) is 0.219. The Labute approximate surface area is 212 Å². The normalized spacial score (nSPS) is 9.19. The van der Waals surface area contributed by atoms with Crippen LogP contribution in [0.25, 0.3) is 11.1 Å². The van der Waals surface area contributed by atoms with Crippen molar-refractivity contribution in [1.29, 1.82) is 0 Å². The summed E-state index contributed by atoms with van der Waals surface area (Å²) >= 11 is 0. The summed E-state index contributed by atoms with van der Waals surface area (Å²) in [6.07, 6.45) is 6.75. The maximum atomic E-state index is 10.1. The fourth-order valence-electron chi connectivity index (χ4n) is 3.28. The predicted molar refractivity (Wildman–Crippen MR) is 139 cm³/mol. The number of isocyanates is 4. The molecule has 0 amide bonds. The average Bonchev–Trinajstić information content (AvgIpc) is 2.93. The summed E-state index contributed by atoms with van der Waals surface area (Å²) in [5.41, 5.74) is 6.51. The van der Waals surface area contributed by atoms with E-state index in [1.165, 1.54) is 24.3 Å². The first-order chi connectivity index (χ1) is 18.1. The smallest absolute Gasteiger partial charge is 0.211 e. The Morgan fingerprint density at radius 3 is 0.865 bits per heavy atom. The van der Waals surface area contributed by atoms with Gasteiger partial charge in [0.15, 0.2) is 0 Å². The Kier molecular flexibility index (Phi) is 9.81. The number of hydrogen-bond donors (Lipinski definition) is 0. The second kappa shape index (κ2) is 14.0. The van der Waals surface area contributed by atoms with Crippen LogP contribution in [-0.2, 0) is 25.6 Å². The van der Waals surface area contributed by atoms with Gasteiger partial charge in [-0.05, 0) is 77.2 Å². The number of hydrogen-bond acceptors (Lipinski definition) is 8. The van der Waals surface area contributed by atoms with Crippen LogP contribution in [0, 0.1) is 0 Å². The minimum absolute atomic E-state index is 0.566. The van der Waals surface area contributed by atoms with Crippen molar-refractivity contribution in [3.05, 3.63) is 108 Å². The molecule has 0 unspecified atom stereocenters. The molecule has 0 fully saturated rings. The molecule has 8 heteroatoms. The lowest BCUT2D eigenvalue weighted by molar-refractivity contribution is 0.564. The topological polar surface area (TPSA) is 118 Å². The van der Waals surface area contributed by atoms with Gasteiger partial charge in [0, 0.05) is 0 Å². The predicted octanol–water partition coefficient (Wildman–Crippen LogP) is 6.50. The highest BCUT2D eigenvalue weighted by Gasteiger charge is 1.99. The summed E-state index contributed by atoms with van der Waals surface area (Å²) in [7, 11) is 0. The number of carbonyl (C=O) groups excluding carboxylic acids is 4. The third-order valence-electron chi connectivity index (χ3n) is 5.05. The maximum Gasteiger partial charge on any atom is 0.240 e. The van der Waals surface area contributed by atoms with Crippen molar-refractivity contribution in [3.8, 4) is 11.1 Å². The van der Waals surface area contributed by atoms with E-state index in [1.54, 1.807) is 48.5 Å². The highest BCUT2D eigenvalue weighted by molar-refractivity contribution is 5.68. The van der Waals surface area contributed by atoms with E-state index in [9.17, 15) is 19.2 Å². The third-order valence-corrected chi connectivity index (χ3v) is 5.05. The van der Waals surface area contributed by atoms with Crippen molar-refractivity contribution >= 4 is 47.1 Å². The van der Waals surface area contributed by atoms with Crippen LogP contribution in [0.2, 0.25) is 0 Å². The van der Waals surface area contributed by atoms with Gasteiger partial charge in [0.05, 0.1) is 22.7 Å². The first-order valence-corrected chi connectivity index (χ1v) is 10.8. The second-order valence-corrected chi connectivity index (χ2v) is 7.42. The molecule has 0 aliphatic heterocycles. The number of nitrogens with zero attached hydrogens (tertiary/aromatic N) is 4. The van der Waals surface area contributed by atoms with E-state index < -0.39 is 0 Å². The fraction of sp³-hybridized carbons (Fsp3) is 0.0345. The third kappa shape index (κ3) is 8.29. The van der Waals surface area contributed by atoms with E-state index in [1.807, 2.05) is 48.5 Å². The van der Waals surface area contributed by atoms with E-state index >= 15 is 0 Å². The zero-order valence-electron chi connectivity index (χ0n) is 19.4. The van der Waals surface area contributed by atoms with Gasteiger partial charge in [0.25, 0.3) is 0 Å². The van der Waals surface area contributed by atoms with E-state index in [-0.39, 0.29) is 0 Å². The second-order valence-electron chi connectivity index (χ2n) is 7.42. The van der Waals surface area contributed by atoms with E-state index in [0.717, 1.165) is 28.7 Å². The average molecular weight is 486 g/mol. The SMILES string of the molecule is O=C=Nc1ccc(-c2ccc(N=C=O)cc2)cc1.O=C=Nc1ccc(Cc2ccc(N=C=O)cc2)cc1. The molecule has 8 nitrogen and oxygen atoms in total. The Bertz CT molecular complexity index is 1400. The number of rotatable bonds is 7. The molecule has 0 radical (unpaired) electrons. The van der Waals surface area contributed by atoms with E-state index in [4.69, 9.17) is 0 Å². The van der Waals surface area contributed by atoms with Crippen LogP contribution < -0.4 is 0 Å². The standard InChI is InChI=1S/C15H10N2O2.C14H8N2O2/c18-10-16-14-5-1-12(2-6-14)9-13-3-7-15(8-4-13)17-11-19;17-9-15-13-5-1-11(2-6-13)12-3-7-14(8-4-12)16-10-18/h1-8H,9H2;1-8H. The first-order valence-electron chi connectivity index (χ1n) is 10.8.